The van der Waals surface area contributed by atoms with Crippen molar-refractivity contribution in [3.8, 4) is 0 Å². The molecule has 0 saturated carbocycles. The summed E-state index contributed by atoms with van der Waals surface area (Å²) in [5, 5.41) is 8.77. The molecular weight excluding hydrogens is 297 g/mol. The molecule has 21 heavy (non-hydrogen) atoms. The lowest BCUT2D eigenvalue weighted by Gasteiger charge is -2.25. The highest BCUT2D eigenvalue weighted by atomic mass is 32.2. The molecule has 0 bridgehead atoms. The van der Waals surface area contributed by atoms with Crippen molar-refractivity contribution in [3.63, 3.8) is 0 Å². The standard InChI is InChI=1S/C14H20FNO4S/c1-9(2)7-10(3)16(4)21(19,20)13-6-5-11(14(17)18)8-12(13)15/h5-6,8-10H,7H2,1-4H3,(H,17,18). The van der Waals surface area contributed by atoms with Crippen LogP contribution in [0.1, 0.15) is 37.6 Å². The topological polar surface area (TPSA) is 74.7 Å². The van der Waals surface area contributed by atoms with Crippen LogP contribution in [0.15, 0.2) is 23.1 Å². The van der Waals surface area contributed by atoms with Crippen molar-refractivity contribution in [1.29, 1.82) is 0 Å². The third-order valence-electron chi connectivity index (χ3n) is 3.27. The molecule has 0 saturated heterocycles. The van der Waals surface area contributed by atoms with Crippen LogP contribution in [0, 0.1) is 11.7 Å². The van der Waals surface area contributed by atoms with Crippen molar-refractivity contribution in [2.45, 2.75) is 38.1 Å². The minimum absolute atomic E-state index is 0.284. The quantitative estimate of drug-likeness (QED) is 0.875. The van der Waals surface area contributed by atoms with Gasteiger partial charge in [0.2, 0.25) is 10.0 Å². The molecule has 1 atom stereocenters. The number of aromatic carboxylic acids is 1. The summed E-state index contributed by atoms with van der Waals surface area (Å²) in [7, 11) is -2.60. The maximum absolute atomic E-state index is 13.9. The van der Waals surface area contributed by atoms with Gasteiger partial charge in [-0.1, -0.05) is 13.8 Å². The van der Waals surface area contributed by atoms with Crippen LogP contribution in [-0.4, -0.2) is 36.9 Å². The van der Waals surface area contributed by atoms with Crippen LogP contribution in [0.2, 0.25) is 0 Å². The molecule has 0 aliphatic carbocycles. The Kier molecular flexibility index (Phi) is 5.47. The predicted octanol–water partition coefficient (Wildman–Crippen LogP) is 2.58. The van der Waals surface area contributed by atoms with Gasteiger partial charge in [-0.3, -0.25) is 0 Å². The summed E-state index contributed by atoms with van der Waals surface area (Å²) in [6.45, 7) is 5.69. The first-order chi connectivity index (χ1) is 9.57. The largest absolute Gasteiger partial charge is 0.478 e. The van der Waals surface area contributed by atoms with Crippen LogP contribution in [-0.2, 0) is 10.0 Å². The zero-order chi connectivity index (χ0) is 16.4. The van der Waals surface area contributed by atoms with E-state index in [1.807, 2.05) is 13.8 Å². The molecule has 1 N–H and O–H groups in total. The number of carbonyl (C=O) groups is 1. The van der Waals surface area contributed by atoms with E-state index in [0.29, 0.717) is 12.3 Å². The second-order valence-corrected chi connectivity index (χ2v) is 7.42. The number of hydrogen-bond acceptors (Lipinski definition) is 3. The Morgan fingerprint density at radius 3 is 2.33 bits per heavy atom. The normalized spacial score (nSPS) is 13.7. The van der Waals surface area contributed by atoms with Gasteiger partial charge in [-0.25, -0.2) is 17.6 Å². The molecule has 0 aromatic heterocycles. The zero-order valence-electron chi connectivity index (χ0n) is 12.5. The first kappa shape index (κ1) is 17.6. The molecule has 0 aliphatic heterocycles. The van der Waals surface area contributed by atoms with E-state index in [9.17, 15) is 17.6 Å². The third kappa shape index (κ3) is 4.01. The lowest BCUT2D eigenvalue weighted by Crippen LogP contribution is -2.36. The fourth-order valence-electron chi connectivity index (χ4n) is 2.07. The summed E-state index contributed by atoms with van der Waals surface area (Å²) in [4.78, 5) is 10.2. The van der Waals surface area contributed by atoms with E-state index in [1.165, 1.54) is 7.05 Å². The maximum atomic E-state index is 13.9. The van der Waals surface area contributed by atoms with E-state index in [1.54, 1.807) is 6.92 Å². The molecule has 0 radical (unpaired) electrons. The highest BCUT2D eigenvalue weighted by Gasteiger charge is 2.28. The van der Waals surface area contributed by atoms with Gasteiger partial charge in [0.05, 0.1) is 5.56 Å². The molecule has 0 fully saturated rings. The number of rotatable bonds is 6. The minimum Gasteiger partial charge on any atom is -0.478 e. The van der Waals surface area contributed by atoms with Crippen LogP contribution in [0.4, 0.5) is 4.39 Å². The number of benzene rings is 1. The van der Waals surface area contributed by atoms with Crippen molar-refractivity contribution in [1.82, 2.24) is 4.31 Å². The number of carboxylic acids is 1. The first-order valence-corrected chi connectivity index (χ1v) is 8.02. The summed E-state index contributed by atoms with van der Waals surface area (Å²) in [6.07, 6.45) is 0.643. The molecule has 0 spiro atoms. The first-order valence-electron chi connectivity index (χ1n) is 6.58. The zero-order valence-corrected chi connectivity index (χ0v) is 13.3. The highest BCUT2D eigenvalue weighted by molar-refractivity contribution is 7.89. The van der Waals surface area contributed by atoms with Gasteiger partial charge in [-0.05, 0) is 37.5 Å². The van der Waals surface area contributed by atoms with E-state index in [4.69, 9.17) is 5.11 Å². The predicted molar refractivity (Wildman–Crippen MR) is 77.2 cm³/mol. The third-order valence-corrected chi connectivity index (χ3v) is 5.27. The van der Waals surface area contributed by atoms with Crippen LogP contribution < -0.4 is 0 Å². The fourth-order valence-corrected chi connectivity index (χ4v) is 3.48. The van der Waals surface area contributed by atoms with Gasteiger partial charge in [0, 0.05) is 13.1 Å². The molecule has 7 heteroatoms. The molecule has 0 aliphatic rings. The monoisotopic (exact) mass is 317 g/mol. The van der Waals surface area contributed by atoms with Crippen molar-refractivity contribution in [2.24, 2.45) is 5.92 Å². The van der Waals surface area contributed by atoms with Gasteiger partial charge < -0.3 is 5.11 Å². The second-order valence-electron chi connectivity index (χ2n) is 5.45. The number of nitrogens with zero attached hydrogens (tertiary/aromatic N) is 1. The van der Waals surface area contributed by atoms with Crippen LogP contribution in [0.25, 0.3) is 0 Å². The lowest BCUT2D eigenvalue weighted by molar-refractivity contribution is 0.0696. The van der Waals surface area contributed by atoms with Gasteiger partial charge in [0.1, 0.15) is 10.7 Å². The number of halogens is 1. The SMILES string of the molecule is CC(C)CC(C)N(C)S(=O)(=O)c1ccc(C(=O)O)cc1F. The maximum Gasteiger partial charge on any atom is 0.335 e. The van der Waals surface area contributed by atoms with Crippen LogP contribution in [0.3, 0.4) is 0 Å². The Bertz CT molecular complexity index is 628. The van der Waals surface area contributed by atoms with Crippen LogP contribution >= 0.6 is 0 Å². The average Bonchev–Trinajstić information content (AvgIpc) is 2.36. The Labute approximate surface area is 124 Å². The van der Waals surface area contributed by atoms with Crippen molar-refractivity contribution < 1.29 is 22.7 Å². The van der Waals surface area contributed by atoms with E-state index in [2.05, 4.69) is 0 Å². The Morgan fingerprint density at radius 1 is 1.33 bits per heavy atom. The Balaban J connectivity index is 3.16. The molecule has 118 valence electrons. The van der Waals surface area contributed by atoms with Crippen molar-refractivity contribution >= 4 is 16.0 Å². The molecule has 5 nitrogen and oxygen atoms in total. The van der Waals surface area contributed by atoms with Crippen LogP contribution in [0.5, 0.6) is 0 Å². The van der Waals surface area contributed by atoms with Gasteiger partial charge in [-0.15, -0.1) is 0 Å². The lowest BCUT2D eigenvalue weighted by atomic mass is 10.1. The minimum atomic E-state index is -3.99. The summed E-state index contributed by atoms with van der Waals surface area (Å²) < 4.78 is 39.8. The van der Waals surface area contributed by atoms with Gasteiger partial charge in [0.15, 0.2) is 0 Å². The van der Waals surface area contributed by atoms with Gasteiger partial charge in [-0.2, -0.15) is 4.31 Å². The van der Waals surface area contributed by atoms with Crippen molar-refractivity contribution in [3.05, 3.63) is 29.6 Å². The molecule has 1 rings (SSSR count). The molecule has 1 aromatic carbocycles. The molecular formula is C14H20FNO4S. The summed E-state index contributed by atoms with van der Waals surface area (Å²) in [5.41, 5.74) is -0.288. The smallest absolute Gasteiger partial charge is 0.335 e. The highest BCUT2D eigenvalue weighted by Crippen LogP contribution is 2.23. The second kappa shape index (κ2) is 6.53. The van der Waals surface area contributed by atoms with Gasteiger partial charge in [0.25, 0.3) is 0 Å². The van der Waals surface area contributed by atoms with E-state index in [0.717, 1.165) is 22.5 Å². The fraction of sp³-hybridized carbons (Fsp3) is 0.500. The Morgan fingerprint density at radius 2 is 1.90 bits per heavy atom. The Hall–Kier alpha value is -1.47. The molecule has 1 unspecified atom stereocenters. The summed E-state index contributed by atoms with van der Waals surface area (Å²) in [6, 6.07) is 2.51. The van der Waals surface area contributed by atoms with E-state index >= 15 is 0 Å². The average molecular weight is 317 g/mol. The number of carboxylic acid groups (broad SMARTS) is 1. The summed E-state index contributed by atoms with van der Waals surface area (Å²) in [5.74, 6) is -2.06. The van der Waals surface area contributed by atoms with Crippen molar-refractivity contribution in [2.75, 3.05) is 7.05 Å². The molecule has 0 heterocycles. The molecule has 0 amide bonds. The van der Waals surface area contributed by atoms with E-state index in [-0.39, 0.29) is 11.6 Å². The van der Waals surface area contributed by atoms with Gasteiger partial charge >= 0.3 is 5.97 Å². The number of hydrogen-bond donors (Lipinski definition) is 1. The van der Waals surface area contributed by atoms with E-state index < -0.39 is 26.7 Å². The summed E-state index contributed by atoms with van der Waals surface area (Å²) >= 11 is 0. The number of sulfonamides is 1. The molecule has 1 aromatic rings.